The molecule has 0 saturated heterocycles. The van der Waals surface area contributed by atoms with Gasteiger partial charge in [-0.1, -0.05) is 75.3 Å². The van der Waals surface area contributed by atoms with Gasteiger partial charge in [-0.25, -0.2) is 4.39 Å². The van der Waals surface area contributed by atoms with Gasteiger partial charge in [-0.15, -0.1) is 0 Å². The summed E-state index contributed by atoms with van der Waals surface area (Å²) in [5, 5.41) is 0. The van der Waals surface area contributed by atoms with Crippen molar-refractivity contribution < 1.29 is 4.39 Å². The summed E-state index contributed by atoms with van der Waals surface area (Å²) in [5.74, 6) is 7.81. The molecule has 28 heavy (non-hydrogen) atoms. The van der Waals surface area contributed by atoms with Gasteiger partial charge in [0.25, 0.3) is 0 Å². The van der Waals surface area contributed by atoms with Crippen LogP contribution in [0.15, 0.2) is 42.5 Å². The van der Waals surface area contributed by atoms with Crippen LogP contribution in [-0.4, -0.2) is 0 Å². The highest BCUT2D eigenvalue weighted by Crippen LogP contribution is 2.31. The Kier molecular flexibility index (Phi) is 7.72. The number of halogens is 1. The van der Waals surface area contributed by atoms with Gasteiger partial charge in [-0.05, 0) is 67.7 Å². The molecule has 2 aromatic rings. The average molecular weight is 377 g/mol. The van der Waals surface area contributed by atoms with Crippen molar-refractivity contribution in [3.63, 3.8) is 0 Å². The largest absolute Gasteiger partial charge is 0.206 e. The summed E-state index contributed by atoms with van der Waals surface area (Å²) in [7, 11) is 0. The Bertz CT molecular complexity index is 798. The van der Waals surface area contributed by atoms with Gasteiger partial charge in [0.1, 0.15) is 5.82 Å². The van der Waals surface area contributed by atoms with Crippen LogP contribution in [-0.2, 0) is 6.42 Å². The molecular formula is C27H33F. The van der Waals surface area contributed by atoms with Gasteiger partial charge in [0.05, 0.1) is 0 Å². The van der Waals surface area contributed by atoms with Crippen molar-refractivity contribution in [3.05, 3.63) is 59.4 Å². The van der Waals surface area contributed by atoms with Crippen LogP contribution in [0.4, 0.5) is 4.39 Å². The molecule has 0 bridgehead atoms. The zero-order valence-electron chi connectivity index (χ0n) is 17.4. The summed E-state index contributed by atoms with van der Waals surface area (Å²) >= 11 is 0. The van der Waals surface area contributed by atoms with E-state index in [1.54, 1.807) is 6.07 Å². The zero-order valence-corrected chi connectivity index (χ0v) is 17.4. The minimum atomic E-state index is -0.181. The Labute approximate surface area is 170 Å². The maximum Gasteiger partial charge on any atom is 0.132 e. The van der Waals surface area contributed by atoms with E-state index in [9.17, 15) is 4.39 Å². The Hall–Kier alpha value is -2.07. The van der Waals surface area contributed by atoms with Crippen LogP contribution < -0.4 is 0 Å². The SMILES string of the molecule is CCCCc1ccc(-c2ccc(C#C[C@H]3CC[C@H](CCC)CC3)cc2F)cc1. The van der Waals surface area contributed by atoms with Crippen molar-refractivity contribution in [1.29, 1.82) is 0 Å². The fourth-order valence-electron chi connectivity index (χ4n) is 4.25. The first-order chi connectivity index (χ1) is 13.7. The summed E-state index contributed by atoms with van der Waals surface area (Å²) < 4.78 is 14.7. The van der Waals surface area contributed by atoms with Crippen LogP contribution >= 0.6 is 0 Å². The second kappa shape index (κ2) is 10.5. The van der Waals surface area contributed by atoms with Crippen LogP contribution in [0, 0.1) is 29.5 Å². The van der Waals surface area contributed by atoms with E-state index in [4.69, 9.17) is 0 Å². The number of aryl methyl sites for hydroxylation is 1. The highest BCUT2D eigenvalue weighted by molar-refractivity contribution is 5.65. The first-order valence-electron chi connectivity index (χ1n) is 11.1. The molecule has 0 N–H and O–H groups in total. The van der Waals surface area contributed by atoms with Crippen molar-refractivity contribution in [2.75, 3.05) is 0 Å². The van der Waals surface area contributed by atoms with Crippen molar-refractivity contribution in [2.45, 2.75) is 71.6 Å². The predicted molar refractivity (Wildman–Crippen MR) is 118 cm³/mol. The fourth-order valence-corrected chi connectivity index (χ4v) is 4.25. The molecule has 1 saturated carbocycles. The Balaban J connectivity index is 1.63. The summed E-state index contributed by atoms with van der Waals surface area (Å²) in [6.45, 7) is 4.47. The first-order valence-corrected chi connectivity index (χ1v) is 11.1. The van der Waals surface area contributed by atoms with Gasteiger partial charge in [0.15, 0.2) is 0 Å². The molecule has 1 fully saturated rings. The van der Waals surface area contributed by atoms with Crippen LogP contribution in [0.25, 0.3) is 11.1 Å². The van der Waals surface area contributed by atoms with Gasteiger partial charge in [0, 0.05) is 17.0 Å². The third-order valence-electron chi connectivity index (χ3n) is 6.02. The lowest BCUT2D eigenvalue weighted by atomic mass is 9.80. The van der Waals surface area contributed by atoms with E-state index in [-0.39, 0.29) is 5.82 Å². The third kappa shape index (κ3) is 5.71. The monoisotopic (exact) mass is 376 g/mol. The third-order valence-corrected chi connectivity index (χ3v) is 6.02. The smallest absolute Gasteiger partial charge is 0.132 e. The summed E-state index contributed by atoms with van der Waals surface area (Å²) in [4.78, 5) is 0. The molecule has 3 rings (SSSR count). The standard InChI is InChI=1S/C27H33F/c1-3-5-7-22-14-17-25(18-15-22)26-19-16-24(20-27(26)28)13-12-23-10-8-21(6-4-2)9-11-23/h14-21,23H,3-11H2,1-2H3/t21-,23-. The second-order valence-corrected chi connectivity index (χ2v) is 8.27. The van der Waals surface area contributed by atoms with Gasteiger partial charge in [0.2, 0.25) is 0 Å². The number of hydrogen-bond acceptors (Lipinski definition) is 0. The van der Waals surface area contributed by atoms with E-state index in [1.807, 2.05) is 24.3 Å². The van der Waals surface area contributed by atoms with Crippen molar-refractivity contribution in [1.82, 2.24) is 0 Å². The van der Waals surface area contributed by atoms with Crippen molar-refractivity contribution in [2.24, 2.45) is 11.8 Å². The molecule has 0 aliphatic heterocycles. The first kappa shape index (κ1) is 20.7. The quantitative estimate of drug-likeness (QED) is 0.451. The molecule has 2 aromatic carbocycles. The molecule has 0 radical (unpaired) electrons. The van der Waals surface area contributed by atoms with Crippen molar-refractivity contribution >= 4 is 0 Å². The molecule has 0 heterocycles. The van der Waals surface area contributed by atoms with E-state index in [0.29, 0.717) is 11.5 Å². The van der Waals surface area contributed by atoms with Gasteiger partial charge >= 0.3 is 0 Å². The van der Waals surface area contributed by atoms with E-state index in [1.165, 1.54) is 56.9 Å². The molecule has 0 spiro atoms. The molecular weight excluding hydrogens is 343 g/mol. The van der Waals surface area contributed by atoms with E-state index >= 15 is 0 Å². The topological polar surface area (TPSA) is 0 Å². The van der Waals surface area contributed by atoms with E-state index in [0.717, 1.165) is 23.5 Å². The lowest BCUT2D eigenvalue weighted by Gasteiger charge is -2.25. The minimum Gasteiger partial charge on any atom is -0.206 e. The van der Waals surface area contributed by atoms with Gasteiger partial charge < -0.3 is 0 Å². The Morgan fingerprint density at radius 3 is 2.32 bits per heavy atom. The maximum absolute atomic E-state index is 14.7. The van der Waals surface area contributed by atoms with Crippen LogP contribution in [0.2, 0.25) is 0 Å². The molecule has 148 valence electrons. The minimum absolute atomic E-state index is 0.181. The highest BCUT2D eigenvalue weighted by Gasteiger charge is 2.18. The number of hydrogen-bond donors (Lipinski definition) is 0. The average Bonchev–Trinajstić information content (AvgIpc) is 2.72. The molecule has 1 aliphatic rings. The molecule has 1 heteroatoms. The lowest BCUT2D eigenvalue weighted by Crippen LogP contribution is -2.13. The predicted octanol–water partition coefficient (Wildman–Crippen LogP) is 7.79. The lowest BCUT2D eigenvalue weighted by molar-refractivity contribution is 0.300. The summed E-state index contributed by atoms with van der Waals surface area (Å²) in [5.41, 5.74) is 3.71. The van der Waals surface area contributed by atoms with E-state index in [2.05, 4.69) is 37.8 Å². The molecule has 0 nitrogen and oxygen atoms in total. The van der Waals surface area contributed by atoms with Crippen LogP contribution in [0.5, 0.6) is 0 Å². The molecule has 0 atom stereocenters. The maximum atomic E-state index is 14.7. The molecule has 0 amide bonds. The van der Waals surface area contributed by atoms with Gasteiger partial charge in [-0.3, -0.25) is 0 Å². The van der Waals surface area contributed by atoms with Crippen molar-refractivity contribution in [3.8, 4) is 23.0 Å². The van der Waals surface area contributed by atoms with Gasteiger partial charge in [-0.2, -0.15) is 0 Å². The molecule has 1 aliphatic carbocycles. The normalized spacial score (nSPS) is 19.1. The summed E-state index contributed by atoms with van der Waals surface area (Å²) in [6.07, 6.45) is 11.1. The van der Waals surface area contributed by atoms with Crippen LogP contribution in [0.3, 0.4) is 0 Å². The Morgan fingerprint density at radius 2 is 1.68 bits per heavy atom. The molecule has 0 unspecified atom stereocenters. The summed E-state index contributed by atoms with van der Waals surface area (Å²) in [6, 6.07) is 13.7. The zero-order chi connectivity index (χ0) is 19.8. The number of unbranched alkanes of at least 4 members (excludes halogenated alkanes) is 1. The Morgan fingerprint density at radius 1 is 0.929 bits per heavy atom. The fraction of sp³-hybridized carbons (Fsp3) is 0.481. The van der Waals surface area contributed by atoms with E-state index < -0.39 is 0 Å². The second-order valence-electron chi connectivity index (χ2n) is 8.27. The van der Waals surface area contributed by atoms with Crippen LogP contribution in [0.1, 0.15) is 76.3 Å². The number of rotatable bonds is 6. The highest BCUT2D eigenvalue weighted by atomic mass is 19.1. The number of benzene rings is 2. The molecule has 0 aromatic heterocycles.